The second-order valence-electron chi connectivity index (χ2n) is 9.24. The van der Waals surface area contributed by atoms with Gasteiger partial charge in [0.05, 0.1) is 27.3 Å². The van der Waals surface area contributed by atoms with Crippen LogP contribution in [-0.4, -0.2) is 19.9 Å². The fourth-order valence-corrected chi connectivity index (χ4v) is 6.44. The minimum Gasteiger partial charge on any atom is -0.455 e. The van der Waals surface area contributed by atoms with Crippen molar-refractivity contribution in [1.29, 1.82) is 0 Å². The summed E-state index contributed by atoms with van der Waals surface area (Å²) in [5.74, 6) is 0. The van der Waals surface area contributed by atoms with Gasteiger partial charge in [-0.3, -0.25) is 4.98 Å². The lowest BCUT2D eigenvalue weighted by Crippen LogP contribution is -1.93. The van der Waals surface area contributed by atoms with Crippen molar-refractivity contribution in [3.8, 4) is 33.9 Å². The quantitative estimate of drug-likeness (QED) is 0.209. The summed E-state index contributed by atoms with van der Waals surface area (Å²) in [6.07, 6.45) is 1.80. The number of aromatic nitrogens is 4. The predicted octanol–water partition coefficient (Wildman–Crippen LogP) is 9.19. The summed E-state index contributed by atoms with van der Waals surface area (Å²) >= 11 is 8.14. The summed E-state index contributed by atoms with van der Waals surface area (Å²) < 4.78 is 8.32. The molecule has 0 saturated carbocycles. The van der Waals surface area contributed by atoms with Crippen molar-refractivity contribution in [2.24, 2.45) is 0 Å². The van der Waals surface area contributed by atoms with E-state index in [-0.39, 0.29) is 5.28 Å². The lowest BCUT2D eigenvalue weighted by atomic mass is 10.1. The molecule has 0 fully saturated rings. The average Bonchev–Trinajstić information content (AvgIpc) is 3.55. The largest absolute Gasteiger partial charge is 0.455 e. The van der Waals surface area contributed by atoms with E-state index < -0.39 is 0 Å². The van der Waals surface area contributed by atoms with Crippen molar-refractivity contribution >= 4 is 65.2 Å². The van der Waals surface area contributed by atoms with Gasteiger partial charge in [-0.15, -0.1) is 11.3 Å². The third-order valence-corrected chi connectivity index (χ3v) is 8.25. The maximum atomic E-state index is 6.50. The predicted molar refractivity (Wildman–Crippen MR) is 159 cm³/mol. The van der Waals surface area contributed by atoms with E-state index in [9.17, 15) is 0 Å². The van der Waals surface area contributed by atoms with Gasteiger partial charge >= 0.3 is 0 Å². The Morgan fingerprint density at radius 2 is 1.49 bits per heavy atom. The van der Waals surface area contributed by atoms with E-state index in [1.165, 1.54) is 0 Å². The first-order chi connectivity index (χ1) is 19.2. The third-order valence-electron chi connectivity index (χ3n) is 6.92. The number of thiophene rings is 1. The highest BCUT2D eigenvalue weighted by Gasteiger charge is 2.18. The highest BCUT2D eigenvalue weighted by molar-refractivity contribution is 7.26. The summed E-state index contributed by atoms with van der Waals surface area (Å²) in [6.45, 7) is 0. The molecule has 0 unspecified atom stereocenters. The van der Waals surface area contributed by atoms with Crippen molar-refractivity contribution in [2.75, 3.05) is 0 Å². The van der Waals surface area contributed by atoms with E-state index in [1.807, 2.05) is 66.7 Å². The van der Waals surface area contributed by atoms with Crippen molar-refractivity contribution < 1.29 is 4.42 Å². The molecule has 0 aliphatic rings. The molecular formula is C32H17ClN4OS. The number of benzene rings is 3. The summed E-state index contributed by atoms with van der Waals surface area (Å²) in [4.78, 5) is 18.8. The number of furan rings is 1. The van der Waals surface area contributed by atoms with Gasteiger partial charge < -0.3 is 4.42 Å². The molecule has 39 heavy (non-hydrogen) atoms. The summed E-state index contributed by atoms with van der Waals surface area (Å²) in [7, 11) is 0. The lowest BCUT2D eigenvalue weighted by molar-refractivity contribution is 0.670. The molecular weight excluding hydrogens is 524 g/mol. The van der Waals surface area contributed by atoms with Crippen LogP contribution in [0.15, 0.2) is 108 Å². The van der Waals surface area contributed by atoms with Crippen molar-refractivity contribution in [3.05, 3.63) is 109 Å². The van der Waals surface area contributed by atoms with Gasteiger partial charge in [-0.25, -0.2) is 15.0 Å². The van der Waals surface area contributed by atoms with E-state index in [1.54, 1.807) is 17.5 Å². The van der Waals surface area contributed by atoms with Gasteiger partial charge in [-0.1, -0.05) is 48.5 Å². The Morgan fingerprint density at radius 1 is 0.667 bits per heavy atom. The number of fused-ring (bicyclic) bond motifs is 6. The standard InChI is InChI=1S/C32H17ClN4OS/c33-32-36-28-22-17-18(23-10-3-4-16-34-23)14-15-27(22)39-31(28)29(37-32)25-12-6-11-24(35-25)21-9-5-8-20-19-7-1-2-13-26(19)38-30(20)21/h1-17H. The van der Waals surface area contributed by atoms with Crippen molar-refractivity contribution in [2.45, 2.75) is 0 Å². The number of para-hydroxylation sites is 2. The number of halogens is 1. The zero-order chi connectivity index (χ0) is 25.9. The number of hydrogen-bond donors (Lipinski definition) is 0. The first-order valence-electron chi connectivity index (χ1n) is 12.4. The van der Waals surface area contributed by atoms with Gasteiger partial charge in [0.2, 0.25) is 5.28 Å². The molecule has 0 bridgehead atoms. The molecule has 7 heteroatoms. The molecule has 5 aromatic heterocycles. The van der Waals surface area contributed by atoms with Gasteiger partial charge in [0, 0.05) is 38.2 Å². The van der Waals surface area contributed by atoms with E-state index in [0.717, 1.165) is 70.4 Å². The highest BCUT2D eigenvalue weighted by atomic mass is 35.5. The monoisotopic (exact) mass is 540 g/mol. The molecule has 0 saturated heterocycles. The Hall–Kier alpha value is -4.65. The second-order valence-corrected chi connectivity index (χ2v) is 10.6. The molecule has 3 aromatic carbocycles. The molecule has 0 amide bonds. The molecule has 0 aliphatic carbocycles. The Morgan fingerprint density at radius 3 is 2.41 bits per heavy atom. The van der Waals surface area contributed by atoms with Crippen LogP contribution in [0.1, 0.15) is 0 Å². The molecule has 5 nitrogen and oxygen atoms in total. The first-order valence-corrected chi connectivity index (χ1v) is 13.6. The van der Waals surface area contributed by atoms with Crippen molar-refractivity contribution in [3.63, 3.8) is 0 Å². The van der Waals surface area contributed by atoms with Gasteiger partial charge in [0.25, 0.3) is 0 Å². The van der Waals surface area contributed by atoms with Crippen LogP contribution in [0.2, 0.25) is 5.28 Å². The maximum absolute atomic E-state index is 6.50. The normalized spacial score (nSPS) is 11.7. The van der Waals surface area contributed by atoms with Crippen LogP contribution in [0.4, 0.5) is 0 Å². The highest BCUT2D eigenvalue weighted by Crippen LogP contribution is 2.41. The van der Waals surface area contributed by atoms with Crippen molar-refractivity contribution in [1.82, 2.24) is 19.9 Å². The topological polar surface area (TPSA) is 64.7 Å². The van der Waals surface area contributed by atoms with E-state index >= 15 is 0 Å². The van der Waals surface area contributed by atoms with Gasteiger partial charge in [-0.05, 0) is 60.1 Å². The van der Waals surface area contributed by atoms with E-state index in [0.29, 0.717) is 5.69 Å². The number of rotatable bonds is 3. The minimum atomic E-state index is 0.187. The SMILES string of the molecule is Clc1nc(-c2cccc(-c3cccc4c3oc3ccccc34)n2)c2sc3ccc(-c4ccccn4)cc3c2n1. The zero-order valence-electron chi connectivity index (χ0n) is 20.3. The summed E-state index contributed by atoms with van der Waals surface area (Å²) in [6, 6.07) is 32.4. The molecule has 5 heterocycles. The lowest BCUT2D eigenvalue weighted by Gasteiger charge is -2.07. The van der Waals surface area contributed by atoms with Gasteiger partial charge in [0.15, 0.2) is 0 Å². The van der Waals surface area contributed by atoms with E-state index in [2.05, 4.69) is 45.3 Å². The Kier molecular flexibility index (Phi) is 4.98. The van der Waals surface area contributed by atoms with Crippen LogP contribution >= 0.6 is 22.9 Å². The molecule has 0 N–H and O–H groups in total. The van der Waals surface area contributed by atoms with Crippen LogP contribution in [0.5, 0.6) is 0 Å². The first kappa shape index (κ1) is 22.3. The molecule has 8 rings (SSSR count). The molecule has 0 radical (unpaired) electrons. The van der Waals surface area contributed by atoms with Crippen LogP contribution < -0.4 is 0 Å². The second kappa shape index (κ2) is 8.70. The van der Waals surface area contributed by atoms with Crippen LogP contribution in [-0.2, 0) is 0 Å². The number of hydrogen-bond acceptors (Lipinski definition) is 6. The van der Waals surface area contributed by atoms with E-state index in [4.69, 9.17) is 21.0 Å². The van der Waals surface area contributed by atoms with Crippen LogP contribution in [0, 0.1) is 0 Å². The molecule has 0 spiro atoms. The van der Waals surface area contributed by atoms with Gasteiger partial charge in [0.1, 0.15) is 16.9 Å². The average molecular weight is 541 g/mol. The maximum Gasteiger partial charge on any atom is 0.223 e. The van der Waals surface area contributed by atoms with Crippen LogP contribution in [0.3, 0.4) is 0 Å². The molecule has 184 valence electrons. The fourth-order valence-electron chi connectivity index (χ4n) is 5.15. The molecule has 8 aromatic rings. The summed E-state index contributed by atoms with van der Waals surface area (Å²) in [5.41, 5.74) is 7.60. The fraction of sp³-hybridized carbons (Fsp3) is 0. The third kappa shape index (κ3) is 3.61. The minimum absolute atomic E-state index is 0.187. The zero-order valence-corrected chi connectivity index (χ0v) is 21.9. The molecule has 0 aliphatic heterocycles. The smallest absolute Gasteiger partial charge is 0.223 e. The Labute approximate surface area is 231 Å². The van der Waals surface area contributed by atoms with Gasteiger partial charge in [-0.2, -0.15) is 0 Å². The Bertz CT molecular complexity index is 2200. The Balaban J connectivity index is 1.31. The number of pyridine rings is 2. The summed E-state index contributed by atoms with van der Waals surface area (Å²) in [5, 5.41) is 3.36. The number of nitrogens with zero attached hydrogens (tertiary/aromatic N) is 4. The molecule has 0 atom stereocenters. The van der Waals surface area contributed by atoms with Crippen LogP contribution in [0.25, 0.3) is 76.1 Å².